The third kappa shape index (κ3) is 3.34. The molecule has 0 aliphatic carbocycles. The van der Waals surface area contributed by atoms with E-state index in [0.717, 1.165) is 10.5 Å². The summed E-state index contributed by atoms with van der Waals surface area (Å²) in [6.45, 7) is 0. The van der Waals surface area contributed by atoms with Crippen LogP contribution in [0, 0.1) is 0 Å². The van der Waals surface area contributed by atoms with Crippen LogP contribution in [0.4, 0.5) is 5.69 Å². The van der Waals surface area contributed by atoms with Gasteiger partial charge in [0.2, 0.25) is 0 Å². The van der Waals surface area contributed by atoms with Gasteiger partial charge in [-0.15, -0.1) is 0 Å². The van der Waals surface area contributed by atoms with Crippen molar-refractivity contribution in [3.63, 3.8) is 0 Å². The molecule has 29 heavy (non-hydrogen) atoms. The summed E-state index contributed by atoms with van der Waals surface area (Å²) in [5.41, 5.74) is 1.98. The monoisotopic (exact) mass is 461 g/mol. The first-order valence-electron chi connectivity index (χ1n) is 8.48. The number of rotatable bonds is 3. The van der Waals surface area contributed by atoms with E-state index in [0.29, 0.717) is 11.3 Å². The Balaban J connectivity index is 1.82. The lowest BCUT2D eigenvalue weighted by Crippen LogP contribution is -2.30. The lowest BCUT2D eigenvalue weighted by Gasteiger charge is -2.16. The number of benzene rings is 3. The van der Waals surface area contributed by atoms with Crippen molar-refractivity contribution in [2.45, 2.75) is 0 Å². The normalized spacial score (nSPS) is 13.4. The van der Waals surface area contributed by atoms with Crippen LogP contribution in [0.2, 0.25) is 20.1 Å². The van der Waals surface area contributed by atoms with Gasteiger partial charge in [-0.2, -0.15) is 0 Å². The Morgan fingerprint density at radius 2 is 1.14 bits per heavy atom. The number of carbonyl (C=O) groups excluding carboxylic acids is 2. The number of carbonyl (C=O) groups is 2. The van der Waals surface area contributed by atoms with Crippen LogP contribution < -0.4 is 4.90 Å². The number of fused-ring (bicyclic) bond motifs is 1. The number of halogens is 4. The minimum atomic E-state index is -0.601. The number of hydrogen-bond acceptors (Lipinski definition) is 2. The molecule has 0 saturated heterocycles. The van der Waals surface area contributed by atoms with Gasteiger partial charge in [0.15, 0.2) is 0 Å². The van der Waals surface area contributed by atoms with Crippen molar-refractivity contribution < 1.29 is 9.59 Å². The second-order valence-corrected chi connectivity index (χ2v) is 7.77. The average Bonchev–Trinajstić information content (AvgIpc) is 3.00. The van der Waals surface area contributed by atoms with Crippen molar-refractivity contribution in [3.8, 4) is 0 Å². The lowest BCUT2D eigenvalue weighted by atomic mass is 10.1. The molecule has 4 rings (SSSR count). The maximum atomic E-state index is 13.1. The summed E-state index contributed by atoms with van der Waals surface area (Å²) in [6.07, 6.45) is 3.72. The molecule has 3 aromatic rings. The van der Waals surface area contributed by atoms with E-state index in [1.165, 1.54) is 0 Å². The summed E-state index contributed by atoms with van der Waals surface area (Å²) >= 11 is 24.6. The SMILES string of the molecule is O=C1c2c(Cl)c(Cl)c(Cl)c(Cl)c2C(=O)N1c1ccccc1/C=C/c1ccccc1. The van der Waals surface area contributed by atoms with Crippen LogP contribution in [0.15, 0.2) is 54.6 Å². The molecule has 0 saturated carbocycles. The summed E-state index contributed by atoms with van der Waals surface area (Å²) < 4.78 is 0. The summed E-state index contributed by atoms with van der Waals surface area (Å²) in [5.74, 6) is -1.20. The van der Waals surface area contributed by atoms with E-state index in [1.807, 2.05) is 54.6 Å². The van der Waals surface area contributed by atoms with Crippen LogP contribution in [0.5, 0.6) is 0 Å². The third-order valence-electron chi connectivity index (χ3n) is 4.53. The zero-order chi connectivity index (χ0) is 20.7. The zero-order valence-electron chi connectivity index (χ0n) is 14.6. The number of para-hydroxylation sites is 1. The Morgan fingerprint density at radius 3 is 1.72 bits per heavy atom. The fourth-order valence-electron chi connectivity index (χ4n) is 3.15. The van der Waals surface area contributed by atoms with Crippen molar-refractivity contribution in [1.29, 1.82) is 0 Å². The molecule has 0 aromatic heterocycles. The fourth-order valence-corrected chi connectivity index (χ4v) is 4.16. The fraction of sp³-hybridized carbons (Fsp3) is 0. The van der Waals surface area contributed by atoms with Crippen LogP contribution in [-0.2, 0) is 0 Å². The Labute approximate surface area is 187 Å². The molecule has 0 bridgehead atoms. The molecule has 3 aromatic carbocycles. The predicted octanol–water partition coefficient (Wildman–Crippen LogP) is 7.27. The summed E-state index contributed by atoms with van der Waals surface area (Å²) in [4.78, 5) is 27.3. The first kappa shape index (κ1) is 20.0. The minimum absolute atomic E-state index is 0.0436. The molecule has 0 fully saturated rings. The first-order chi connectivity index (χ1) is 13.9. The largest absolute Gasteiger partial charge is 0.268 e. The third-order valence-corrected chi connectivity index (χ3v) is 6.34. The minimum Gasteiger partial charge on any atom is -0.268 e. The van der Waals surface area contributed by atoms with Gasteiger partial charge in [0.1, 0.15) is 0 Å². The number of nitrogens with zero attached hydrogens (tertiary/aromatic N) is 1. The molecular weight excluding hydrogens is 452 g/mol. The smallest absolute Gasteiger partial charge is 0.267 e. The average molecular weight is 463 g/mol. The molecular formula is C22H11Cl4NO2. The van der Waals surface area contributed by atoms with Crippen molar-refractivity contribution in [2.75, 3.05) is 4.90 Å². The molecule has 0 spiro atoms. The molecule has 0 atom stereocenters. The lowest BCUT2D eigenvalue weighted by molar-refractivity contribution is 0.0926. The highest BCUT2D eigenvalue weighted by Crippen LogP contribution is 2.46. The highest BCUT2D eigenvalue weighted by molar-refractivity contribution is 6.56. The topological polar surface area (TPSA) is 37.4 Å². The molecule has 144 valence electrons. The second-order valence-electron chi connectivity index (χ2n) is 6.25. The highest BCUT2D eigenvalue weighted by Gasteiger charge is 2.42. The number of anilines is 1. The van der Waals surface area contributed by atoms with Gasteiger partial charge in [-0.1, -0.05) is 107 Å². The standard InChI is InChI=1S/C22H11Cl4NO2/c23-17-15-16(18(24)20(26)19(17)25)22(29)27(21(15)28)14-9-5-4-8-13(14)11-10-12-6-2-1-3-7-12/h1-11H/b11-10+. The van der Waals surface area contributed by atoms with E-state index in [2.05, 4.69) is 0 Å². The van der Waals surface area contributed by atoms with Gasteiger partial charge in [0.05, 0.1) is 36.9 Å². The Hall–Kier alpha value is -2.30. The van der Waals surface area contributed by atoms with Gasteiger partial charge in [0.25, 0.3) is 11.8 Å². The number of imide groups is 1. The molecule has 1 heterocycles. The van der Waals surface area contributed by atoms with Crippen LogP contribution in [0.1, 0.15) is 31.8 Å². The van der Waals surface area contributed by atoms with Gasteiger partial charge in [-0.3, -0.25) is 9.59 Å². The van der Waals surface area contributed by atoms with E-state index in [9.17, 15) is 9.59 Å². The van der Waals surface area contributed by atoms with Crippen molar-refractivity contribution in [1.82, 2.24) is 0 Å². The second kappa shape index (κ2) is 7.85. The molecule has 1 aliphatic heterocycles. The first-order valence-corrected chi connectivity index (χ1v) is 10.00. The van der Waals surface area contributed by atoms with Gasteiger partial charge in [0, 0.05) is 0 Å². The van der Waals surface area contributed by atoms with E-state index >= 15 is 0 Å². The number of hydrogen-bond donors (Lipinski definition) is 0. The van der Waals surface area contributed by atoms with Gasteiger partial charge >= 0.3 is 0 Å². The molecule has 0 radical (unpaired) electrons. The summed E-state index contributed by atoms with van der Waals surface area (Å²) in [6, 6.07) is 16.7. The molecule has 3 nitrogen and oxygen atoms in total. The van der Waals surface area contributed by atoms with E-state index in [-0.39, 0.29) is 31.2 Å². The van der Waals surface area contributed by atoms with Gasteiger partial charge in [-0.25, -0.2) is 4.90 Å². The Kier molecular flexibility index (Phi) is 5.41. The molecule has 0 unspecified atom stereocenters. The maximum Gasteiger partial charge on any atom is 0.267 e. The molecule has 2 amide bonds. The van der Waals surface area contributed by atoms with Crippen LogP contribution in [0.3, 0.4) is 0 Å². The van der Waals surface area contributed by atoms with Crippen LogP contribution in [0.25, 0.3) is 12.2 Å². The van der Waals surface area contributed by atoms with Crippen molar-refractivity contribution in [2.24, 2.45) is 0 Å². The molecule has 7 heteroatoms. The van der Waals surface area contributed by atoms with E-state index in [1.54, 1.807) is 12.1 Å². The van der Waals surface area contributed by atoms with Crippen molar-refractivity contribution >= 4 is 76.1 Å². The van der Waals surface area contributed by atoms with Gasteiger partial charge < -0.3 is 0 Å². The van der Waals surface area contributed by atoms with Gasteiger partial charge in [-0.05, 0) is 17.2 Å². The maximum absolute atomic E-state index is 13.1. The quantitative estimate of drug-likeness (QED) is 0.177. The van der Waals surface area contributed by atoms with E-state index in [4.69, 9.17) is 46.4 Å². The Bertz CT molecular complexity index is 1140. The predicted molar refractivity (Wildman–Crippen MR) is 119 cm³/mol. The van der Waals surface area contributed by atoms with Crippen LogP contribution >= 0.6 is 46.4 Å². The summed E-state index contributed by atoms with van der Waals surface area (Å²) in [7, 11) is 0. The zero-order valence-corrected chi connectivity index (χ0v) is 17.7. The van der Waals surface area contributed by atoms with Crippen molar-refractivity contribution in [3.05, 3.63) is 96.9 Å². The highest BCUT2D eigenvalue weighted by atomic mass is 35.5. The Morgan fingerprint density at radius 1 is 0.621 bits per heavy atom. The number of amides is 2. The molecule has 1 aliphatic rings. The van der Waals surface area contributed by atoms with Crippen LogP contribution in [-0.4, -0.2) is 11.8 Å². The van der Waals surface area contributed by atoms with E-state index < -0.39 is 11.8 Å². The molecule has 0 N–H and O–H groups in total. The summed E-state index contributed by atoms with van der Waals surface area (Å²) in [5, 5.41) is -0.293.